The zero-order valence-electron chi connectivity index (χ0n) is 13.4. The molecule has 2 rings (SSSR count). The number of benzene rings is 1. The number of hydrogen-bond donors (Lipinski definition) is 1. The largest absolute Gasteiger partial charge is 0.444 e. The molecule has 1 aliphatic rings. The highest BCUT2D eigenvalue weighted by Crippen LogP contribution is 2.24. The molecule has 0 spiro atoms. The highest BCUT2D eigenvalue weighted by atomic mass is 16.6. The van der Waals surface area contributed by atoms with Gasteiger partial charge in [-0.15, -0.1) is 0 Å². The van der Waals surface area contributed by atoms with Gasteiger partial charge < -0.3 is 10.1 Å². The van der Waals surface area contributed by atoms with Crippen LogP contribution in [-0.2, 0) is 4.74 Å². The third kappa shape index (κ3) is 4.74. The first-order valence-electron chi connectivity index (χ1n) is 7.63. The number of alkyl carbamates (subject to hydrolysis) is 1. The van der Waals surface area contributed by atoms with Gasteiger partial charge in [0.2, 0.25) is 0 Å². The molecule has 0 radical (unpaired) electrons. The van der Waals surface area contributed by atoms with Crippen LogP contribution in [-0.4, -0.2) is 35.7 Å². The maximum absolute atomic E-state index is 11.8. The van der Waals surface area contributed by atoms with Gasteiger partial charge in [0.15, 0.2) is 0 Å². The summed E-state index contributed by atoms with van der Waals surface area (Å²) >= 11 is 0. The minimum atomic E-state index is -0.445. The second-order valence-electron chi connectivity index (χ2n) is 6.71. The predicted octanol–water partition coefficient (Wildman–Crippen LogP) is 3.35. The second kappa shape index (κ2) is 6.48. The molecule has 0 aliphatic carbocycles. The molecule has 21 heavy (non-hydrogen) atoms. The summed E-state index contributed by atoms with van der Waals surface area (Å²) in [7, 11) is 0. The molecular weight excluding hydrogens is 264 g/mol. The van der Waals surface area contributed by atoms with Crippen LogP contribution < -0.4 is 5.32 Å². The highest BCUT2D eigenvalue weighted by Gasteiger charge is 2.29. The molecule has 0 unspecified atom stereocenters. The lowest BCUT2D eigenvalue weighted by Gasteiger charge is -2.25. The van der Waals surface area contributed by atoms with Crippen molar-refractivity contribution < 1.29 is 9.53 Å². The number of carbonyl (C=O) groups excluding carboxylic acids is 1. The van der Waals surface area contributed by atoms with Gasteiger partial charge in [-0.2, -0.15) is 0 Å². The number of rotatable bonds is 3. The smallest absolute Gasteiger partial charge is 0.407 e. The van der Waals surface area contributed by atoms with E-state index in [0.29, 0.717) is 6.04 Å². The first-order valence-corrected chi connectivity index (χ1v) is 7.63. The lowest BCUT2D eigenvalue weighted by molar-refractivity contribution is 0.0504. The molecule has 4 heteroatoms. The van der Waals surface area contributed by atoms with Gasteiger partial charge in [-0.3, -0.25) is 4.90 Å². The van der Waals surface area contributed by atoms with Crippen molar-refractivity contribution >= 4 is 6.09 Å². The van der Waals surface area contributed by atoms with Gasteiger partial charge in [-0.05, 0) is 39.7 Å². The minimum Gasteiger partial charge on any atom is -0.444 e. The van der Waals surface area contributed by atoms with Crippen molar-refractivity contribution in [3.63, 3.8) is 0 Å². The summed E-state index contributed by atoms with van der Waals surface area (Å²) in [5.74, 6) is 0. The third-order valence-electron chi connectivity index (χ3n) is 3.77. The number of amides is 1. The Hall–Kier alpha value is -1.55. The standard InChI is InChI=1S/C17H26N2O2/c1-13(14-8-6-5-7-9-14)19-11-10-15(12-19)18-16(20)21-17(2,3)4/h5-9,13,15H,10-12H2,1-4H3,(H,18,20)/t13-,15-/m0/s1. The highest BCUT2D eigenvalue weighted by molar-refractivity contribution is 5.68. The molecule has 1 heterocycles. The summed E-state index contributed by atoms with van der Waals surface area (Å²) in [6.07, 6.45) is 0.651. The van der Waals surface area contributed by atoms with E-state index in [1.165, 1.54) is 5.56 Å². The monoisotopic (exact) mass is 290 g/mol. The van der Waals surface area contributed by atoms with E-state index in [2.05, 4.69) is 41.4 Å². The molecule has 116 valence electrons. The molecule has 1 aliphatic heterocycles. The van der Waals surface area contributed by atoms with Crippen molar-refractivity contribution in [3.05, 3.63) is 35.9 Å². The van der Waals surface area contributed by atoms with E-state index in [1.54, 1.807) is 0 Å². The van der Waals surface area contributed by atoms with E-state index in [1.807, 2.05) is 26.8 Å². The molecule has 4 nitrogen and oxygen atoms in total. The maximum Gasteiger partial charge on any atom is 0.407 e. The van der Waals surface area contributed by atoms with Gasteiger partial charge >= 0.3 is 6.09 Å². The van der Waals surface area contributed by atoms with Gasteiger partial charge in [0.1, 0.15) is 5.60 Å². The molecule has 2 atom stereocenters. The lowest BCUT2D eigenvalue weighted by Crippen LogP contribution is -2.40. The van der Waals surface area contributed by atoms with Crippen LogP contribution in [0.3, 0.4) is 0 Å². The Labute approximate surface area is 127 Å². The zero-order valence-corrected chi connectivity index (χ0v) is 13.4. The van der Waals surface area contributed by atoms with E-state index in [4.69, 9.17) is 4.74 Å². The summed E-state index contributed by atoms with van der Waals surface area (Å²) in [5.41, 5.74) is 0.870. The number of carbonyl (C=O) groups is 1. The van der Waals surface area contributed by atoms with Crippen molar-refractivity contribution in [2.24, 2.45) is 0 Å². The maximum atomic E-state index is 11.8. The summed E-state index contributed by atoms with van der Waals surface area (Å²) in [5, 5.41) is 2.97. The van der Waals surface area contributed by atoms with Crippen molar-refractivity contribution in [2.75, 3.05) is 13.1 Å². The average Bonchev–Trinajstić information content (AvgIpc) is 2.85. The second-order valence-corrected chi connectivity index (χ2v) is 6.71. The molecule has 1 amide bonds. The molecule has 0 saturated carbocycles. The number of nitrogens with zero attached hydrogens (tertiary/aromatic N) is 1. The van der Waals surface area contributed by atoms with E-state index in [-0.39, 0.29) is 12.1 Å². The Balaban J connectivity index is 1.85. The average molecular weight is 290 g/mol. The Morgan fingerprint density at radius 1 is 1.33 bits per heavy atom. The topological polar surface area (TPSA) is 41.6 Å². The number of nitrogens with one attached hydrogen (secondary N) is 1. The van der Waals surface area contributed by atoms with Crippen LogP contribution in [0.25, 0.3) is 0 Å². The summed E-state index contributed by atoms with van der Waals surface area (Å²) in [6.45, 7) is 9.72. The summed E-state index contributed by atoms with van der Waals surface area (Å²) in [4.78, 5) is 14.2. The van der Waals surface area contributed by atoms with E-state index in [9.17, 15) is 4.79 Å². The molecular formula is C17H26N2O2. The van der Waals surface area contributed by atoms with Gasteiger partial charge in [-0.25, -0.2) is 4.79 Å². The molecule has 0 aromatic heterocycles. The fourth-order valence-electron chi connectivity index (χ4n) is 2.67. The Morgan fingerprint density at radius 2 is 2.00 bits per heavy atom. The quantitative estimate of drug-likeness (QED) is 0.928. The zero-order chi connectivity index (χ0) is 15.5. The van der Waals surface area contributed by atoms with E-state index >= 15 is 0 Å². The third-order valence-corrected chi connectivity index (χ3v) is 3.77. The molecule has 0 bridgehead atoms. The fourth-order valence-corrected chi connectivity index (χ4v) is 2.67. The molecule has 1 fully saturated rings. The van der Waals surface area contributed by atoms with Gasteiger partial charge in [0, 0.05) is 25.2 Å². The van der Waals surface area contributed by atoms with Crippen LogP contribution in [0.15, 0.2) is 30.3 Å². The molecule has 1 saturated heterocycles. The van der Waals surface area contributed by atoms with Gasteiger partial charge in [-0.1, -0.05) is 30.3 Å². The first-order chi connectivity index (χ1) is 9.85. The number of ether oxygens (including phenoxy) is 1. The molecule has 1 N–H and O–H groups in total. The Bertz CT molecular complexity index is 467. The molecule has 1 aromatic carbocycles. The normalized spacial score (nSPS) is 21.0. The summed E-state index contributed by atoms with van der Waals surface area (Å²) < 4.78 is 5.31. The van der Waals surface area contributed by atoms with Crippen LogP contribution >= 0.6 is 0 Å². The van der Waals surface area contributed by atoms with Gasteiger partial charge in [0.25, 0.3) is 0 Å². The lowest BCUT2D eigenvalue weighted by atomic mass is 10.1. The van der Waals surface area contributed by atoms with Crippen molar-refractivity contribution in [1.82, 2.24) is 10.2 Å². The minimum absolute atomic E-state index is 0.172. The van der Waals surface area contributed by atoms with Crippen LogP contribution in [0, 0.1) is 0 Å². The number of hydrogen-bond acceptors (Lipinski definition) is 3. The Morgan fingerprint density at radius 3 is 2.62 bits per heavy atom. The fraction of sp³-hybridized carbons (Fsp3) is 0.588. The Kier molecular flexibility index (Phi) is 4.88. The van der Waals surface area contributed by atoms with Gasteiger partial charge in [0.05, 0.1) is 0 Å². The van der Waals surface area contributed by atoms with E-state index < -0.39 is 5.60 Å². The van der Waals surface area contributed by atoms with Crippen LogP contribution in [0.5, 0.6) is 0 Å². The van der Waals surface area contributed by atoms with Crippen LogP contribution in [0.4, 0.5) is 4.79 Å². The van der Waals surface area contributed by atoms with Crippen molar-refractivity contribution in [1.29, 1.82) is 0 Å². The van der Waals surface area contributed by atoms with Crippen LogP contribution in [0.1, 0.15) is 45.7 Å². The SMILES string of the molecule is C[C@@H](c1ccccc1)N1CC[C@H](NC(=O)OC(C)(C)C)C1. The van der Waals surface area contributed by atoms with Crippen molar-refractivity contribution in [3.8, 4) is 0 Å². The van der Waals surface area contributed by atoms with E-state index in [0.717, 1.165) is 19.5 Å². The number of likely N-dealkylation sites (tertiary alicyclic amines) is 1. The summed E-state index contributed by atoms with van der Waals surface area (Å²) in [6, 6.07) is 11.0. The first kappa shape index (κ1) is 15.8. The van der Waals surface area contributed by atoms with Crippen molar-refractivity contribution in [2.45, 2.75) is 51.8 Å². The predicted molar refractivity (Wildman–Crippen MR) is 84.2 cm³/mol. The molecule has 1 aromatic rings. The van der Waals surface area contributed by atoms with Crippen LogP contribution in [0.2, 0.25) is 0 Å².